The number of imidazole rings is 1. The van der Waals surface area contributed by atoms with Gasteiger partial charge in [-0.05, 0) is 18.9 Å². The van der Waals surface area contributed by atoms with E-state index in [4.69, 9.17) is 0 Å². The molecule has 1 unspecified atom stereocenters. The van der Waals surface area contributed by atoms with Gasteiger partial charge in [0, 0.05) is 37.8 Å². The van der Waals surface area contributed by atoms with Crippen LogP contribution in [0.4, 0.5) is 0 Å². The van der Waals surface area contributed by atoms with Crippen LogP contribution < -0.4 is 5.32 Å². The van der Waals surface area contributed by atoms with Gasteiger partial charge in [0.15, 0.2) is 0 Å². The number of amides is 2. The molecule has 0 radical (unpaired) electrons. The number of benzene rings is 1. The average Bonchev–Trinajstić information content (AvgIpc) is 3.16. The molecule has 3 rings (SSSR count). The summed E-state index contributed by atoms with van der Waals surface area (Å²) in [6.45, 7) is 3.68. The van der Waals surface area contributed by atoms with Crippen molar-refractivity contribution >= 4 is 23.6 Å². The lowest BCUT2D eigenvalue weighted by Gasteiger charge is -2.43. The summed E-state index contributed by atoms with van der Waals surface area (Å²) in [5.74, 6) is 0.991. The molecule has 1 aromatic carbocycles. The summed E-state index contributed by atoms with van der Waals surface area (Å²) < 4.78 is 1.98. The number of thioether (sulfide) groups is 1. The van der Waals surface area contributed by atoms with Crippen LogP contribution in [0.1, 0.15) is 18.9 Å². The van der Waals surface area contributed by atoms with Gasteiger partial charge in [-0.1, -0.05) is 30.3 Å². The zero-order chi connectivity index (χ0) is 18.4. The predicted molar refractivity (Wildman–Crippen MR) is 103 cm³/mol. The quantitative estimate of drug-likeness (QED) is 0.806. The van der Waals surface area contributed by atoms with Gasteiger partial charge in [-0.2, -0.15) is 0 Å². The van der Waals surface area contributed by atoms with Crippen LogP contribution in [0.25, 0.3) is 0 Å². The van der Waals surface area contributed by atoms with Crippen LogP contribution in [0.15, 0.2) is 49.1 Å². The van der Waals surface area contributed by atoms with Gasteiger partial charge in [-0.3, -0.25) is 9.59 Å². The fourth-order valence-corrected chi connectivity index (χ4v) is 4.24. The zero-order valence-electron chi connectivity index (χ0n) is 14.9. The molecule has 2 aromatic rings. The minimum atomic E-state index is -0.816. The van der Waals surface area contributed by atoms with E-state index in [-0.39, 0.29) is 11.8 Å². The van der Waals surface area contributed by atoms with E-state index >= 15 is 0 Å². The summed E-state index contributed by atoms with van der Waals surface area (Å²) in [6.07, 6.45) is 6.19. The largest absolute Gasteiger partial charge is 0.350 e. The Bertz CT molecular complexity index is 735. The molecule has 0 aliphatic carbocycles. The maximum Gasteiger partial charge on any atom is 0.246 e. The maximum absolute atomic E-state index is 12.9. The first-order valence-electron chi connectivity index (χ1n) is 8.76. The number of aromatic nitrogens is 2. The van der Waals surface area contributed by atoms with Crippen LogP contribution in [0.2, 0.25) is 0 Å². The highest BCUT2D eigenvalue weighted by Crippen LogP contribution is 2.28. The second-order valence-corrected chi connectivity index (χ2v) is 7.62. The molecule has 2 heterocycles. The summed E-state index contributed by atoms with van der Waals surface area (Å²) in [5, 5.41) is 3.00. The second-order valence-electron chi connectivity index (χ2n) is 6.63. The van der Waals surface area contributed by atoms with E-state index in [0.717, 1.165) is 18.5 Å². The van der Waals surface area contributed by atoms with Crippen molar-refractivity contribution in [3.8, 4) is 0 Å². The van der Waals surface area contributed by atoms with Crippen molar-refractivity contribution in [1.82, 2.24) is 19.8 Å². The van der Waals surface area contributed by atoms with E-state index in [1.165, 1.54) is 11.8 Å². The number of hydrogen-bond acceptors (Lipinski definition) is 4. The van der Waals surface area contributed by atoms with Gasteiger partial charge in [0.1, 0.15) is 5.54 Å². The third-order valence-corrected chi connectivity index (χ3v) is 5.87. The molecule has 7 heteroatoms. The molecule has 1 N–H and O–H groups in total. The van der Waals surface area contributed by atoms with Crippen molar-refractivity contribution < 1.29 is 9.59 Å². The highest BCUT2D eigenvalue weighted by atomic mass is 32.2. The SMILES string of the molecule is CC1(C(=O)NCc2ccccc2)CSCC(=O)N1CCCn1ccnc1. The Labute approximate surface area is 158 Å². The van der Waals surface area contributed by atoms with Crippen LogP contribution in [0.5, 0.6) is 0 Å². The van der Waals surface area contributed by atoms with Crippen LogP contribution in [-0.4, -0.2) is 49.9 Å². The van der Waals surface area contributed by atoms with Crippen LogP contribution in [-0.2, 0) is 22.7 Å². The standard InChI is InChI=1S/C19H24N4O2S/c1-19(18(25)21-12-16-6-3-2-4-7-16)14-26-13-17(24)23(19)10-5-9-22-11-8-20-15-22/h2-4,6-8,11,15H,5,9-10,12-14H2,1H3,(H,21,25). The molecule has 2 amide bonds. The number of carbonyl (C=O) groups excluding carboxylic acids is 2. The minimum Gasteiger partial charge on any atom is -0.350 e. The van der Waals surface area contributed by atoms with Crippen molar-refractivity contribution in [2.75, 3.05) is 18.1 Å². The third kappa shape index (κ3) is 4.27. The molecule has 26 heavy (non-hydrogen) atoms. The molecule has 1 atom stereocenters. The van der Waals surface area contributed by atoms with Crippen LogP contribution in [0.3, 0.4) is 0 Å². The van der Waals surface area contributed by atoms with Gasteiger partial charge in [-0.15, -0.1) is 11.8 Å². The third-order valence-electron chi connectivity index (χ3n) is 4.65. The van der Waals surface area contributed by atoms with E-state index in [1.807, 2.05) is 48.0 Å². The summed E-state index contributed by atoms with van der Waals surface area (Å²) >= 11 is 1.53. The monoisotopic (exact) mass is 372 g/mol. The molecule has 138 valence electrons. The zero-order valence-corrected chi connectivity index (χ0v) is 15.7. The Morgan fingerprint density at radius 3 is 2.85 bits per heavy atom. The first-order valence-corrected chi connectivity index (χ1v) is 9.91. The van der Waals surface area contributed by atoms with E-state index in [1.54, 1.807) is 17.4 Å². The predicted octanol–water partition coefficient (Wildman–Crippen LogP) is 1.92. The van der Waals surface area contributed by atoms with E-state index in [0.29, 0.717) is 24.6 Å². The summed E-state index contributed by atoms with van der Waals surface area (Å²) in [7, 11) is 0. The number of rotatable bonds is 7. The van der Waals surface area contributed by atoms with Crippen molar-refractivity contribution in [2.45, 2.75) is 32.0 Å². The van der Waals surface area contributed by atoms with Crippen LogP contribution >= 0.6 is 11.8 Å². The number of hydrogen-bond donors (Lipinski definition) is 1. The van der Waals surface area contributed by atoms with E-state index < -0.39 is 5.54 Å². The summed E-state index contributed by atoms with van der Waals surface area (Å²) in [4.78, 5) is 31.2. The number of nitrogens with one attached hydrogen (secondary N) is 1. The van der Waals surface area contributed by atoms with Crippen LogP contribution in [0, 0.1) is 0 Å². The minimum absolute atomic E-state index is 0.0317. The Hall–Kier alpha value is -2.28. The molecule has 1 aromatic heterocycles. The molecule has 0 bridgehead atoms. The van der Waals surface area contributed by atoms with E-state index in [9.17, 15) is 9.59 Å². The van der Waals surface area contributed by atoms with Gasteiger partial charge < -0.3 is 14.8 Å². The highest BCUT2D eigenvalue weighted by molar-refractivity contribution is 8.00. The highest BCUT2D eigenvalue weighted by Gasteiger charge is 2.44. The topological polar surface area (TPSA) is 67.2 Å². The molecule has 1 fully saturated rings. The van der Waals surface area contributed by atoms with Gasteiger partial charge in [0.2, 0.25) is 11.8 Å². The smallest absolute Gasteiger partial charge is 0.246 e. The lowest BCUT2D eigenvalue weighted by atomic mass is 9.99. The Kier molecular flexibility index (Phi) is 5.98. The van der Waals surface area contributed by atoms with Gasteiger partial charge >= 0.3 is 0 Å². The summed E-state index contributed by atoms with van der Waals surface area (Å²) in [5.41, 5.74) is 0.231. The number of nitrogens with zero attached hydrogens (tertiary/aromatic N) is 3. The first kappa shape index (κ1) is 18.5. The molecule has 0 spiro atoms. The van der Waals surface area contributed by atoms with Gasteiger partial charge in [-0.25, -0.2) is 4.98 Å². The number of carbonyl (C=O) groups is 2. The lowest BCUT2D eigenvalue weighted by molar-refractivity contribution is -0.144. The van der Waals surface area contributed by atoms with E-state index in [2.05, 4.69) is 10.3 Å². The van der Waals surface area contributed by atoms with Gasteiger partial charge in [0.05, 0.1) is 12.1 Å². The van der Waals surface area contributed by atoms with Crippen molar-refractivity contribution in [1.29, 1.82) is 0 Å². The average molecular weight is 372 g/mol. The fraction of sp³-hybridized carbons (Fsp3) is 0.421. The molecule has 1 saturated heterocycles. The first-order chi connectivity index (χ1) is 12.6. The molecule has 0 saturated carbocycles. The Balaban J connectivity index is 1.62. The van der Waals surface area contributed by atoms with Crippen molar-refractivity contribution in [2.24, 2.45) is 0 Å². The summed E-state index contributed by atoms with van der Waals surface area (Å²) in [6, 6.07) is 9.81. The van der Waals surface area contributed by atoms with Gasteiger partial charge in [0.25, 0.3) is 0 Å². The van der Waals surface area contributed by atoms with Crippen molar-refractivity contribution in [3.05, 3.63) is 54.6 Å². The normalized spacial score (nSPS) is 20.2. The Morgan fingerprint density at radius 2 is 2.12 bits per heavy atom. The molecular weight excluding hydrogens is 348 g/mol. The lowest BCUT2D eigenvalue weighted by Crippen LogP contribution is -2.63. The maximum atomic E-state index is 12.9. The second kappa shape index (κ2) is 8.40. The molecule has 1 aliphatic heterocycles. The number of aryl methyl sites for hydroxylation is 1. The Morgan fingerprint density at radius 1 is 1.31 bits per heavy atom. The van der Waals surface area contributed by atoms with Crippen molar-refractivity contribution in [3.63, 3.8) is 0 Å². The molecular formula is C19H24N4O2S. The molecule has 1 aliphatic rings. The molecule has 6 nitrogen and oxygen atoms in total. The fourth-order valence-electron chi connectivity index (χ4n) is 3.13.